The zero-order valence-corrected chi connectivity index (χ0v) is 23.2. The van der Waals surface area contributed by atoms with Gasteiger partial charge in [-0.2, -0.15) is 0 Å². The fourth-order valence-electron chi connectivity index (χ4n) is 6.56. The van der Waals surface area contributed by atoms with Gasteiger partial charge in [0.05, 0.1) is 0 Å². The number of carbonyl (C=O) groups excluding carboxylic acids is 1. The summed E-state index contributed by atoms with van der Waals surface area (Å²) in [7, 11) is 2.11. The number of rotatable bonds is 6. The van der Waals surface area contributed by atoms with E-state index in [0.29, 0.717) is 19.0 Å². The van der Waals surface area contributed by atoms with E-state index < -0.39 is 12.3 Å². The number of benzene rings is 2. The summed E-state index contributed by atoms with van der Waals surface area (Å²) in [5.74, 6) is 1.15. The Morgan fingerprint density at radius 1 is 1.07 bits per heavy atom. The van der Waals surface area contributed by atoms with Crippen LogP contribution in [0.1, 0.15) is 49.7 Å². The Kier molecular flexibility index (Phi) is 8.61. The summed E-state index contributed by atoms with van der Waals surface area (Å²) >= 11 is 0. The lowest BCUT2D eigenvalue weighted by Gasteiger charge is -2.39. The molecule has 1 aromatic heterocycles. The van der Waals surface area contributed by atoms with Gasteiger partial charge in [0.15, 0.2) is 6.10 Å². The number of carbonyl (C=O) groups is 2. The maximum absolute atomic E-state index is 11.7. The number of nitrogens with one attached hydrogen (secondary N) is 1. The number of hydrogen-bond donors (Lipinski definition) is 3. The monoisotopic (exact) mass is 548 g/mol. The first-order valence-electron chi connectivity index (χ1n) is 14.3. The fraction of sp³-hybridized carbons (Fsp3) is 0.484. The molecule has 2 saturated heterocycles. The summed E-state index contributed by atoms with van der Waals surface area (Å²) in [6, 6.07) is 16.4. The van der Waals surface area contributed by atoms with Crippen LogP contribution in [0.2, 0.25) is 0 Å². The zero-order chi connectivity index (χ0) is 28.1. The third kappa shape index (κ3) is 6.10. The number of para-hydroxylation sites is 2. The Hall–Kier alpha value is -3.56. The number of aromatic nitrogens is 1. The Bertz CT molecular complexity index is 1310. The van der Waals surface area contributed by atoms with Crippen LogP contribution in [0.4, 0.5) is 4.79 Å². The molecule has 6 rings (SSSR count). The molecule has 2 fully saturated rings. The molecule has 4 heterocycles. The number of aryl methyl sites for hydroxylation is 1. The quantitative estimate of drug-likeness (QED) is 0.408. The highest BCUT2D eigenvalue weighted by atomic mass is 16.8. The van der Waals surface area contributed by atoms with E-state index in [9.17, 15) is 9.59 Å². The topological polar surface area (TPSA) is 121 Å². The molecule has 0 aliphatic carbocycles. The van der Waals surface area contributed by atoms with Crippen LogP contribution in [0.25, 0.3) is 10.9 Å². The van der Waals surface area contributed by atoms with Gasteiger partial charge in [-0.3, -0.25) is 4.79 Å². The zero-order valence-electron chi connectivity index (χ0n) is 23.2. The lowest BCUT2D eigenvalue weighted by atomic mass is 9.70. The van der Waals surface area contributed by atoms with Crippen molar-refractivity contribution in [3.05, 3.63) is 65.9 Å². The van der Waals surface area contributed by atoms with Crippen molar-refractivity contribution in [2.75, 3.05) is 33.2 Å². The summed E-state index contributed by atoms with van der Waals surface area (Å²) in [6.07, 6.45) is 7.74. The largest absolute Gasteiger partial charge is 0.525 e. The molecule has 2 aromatic carbocycles. The van der Waals surface area contributed by atoms with E-state index in [-0.39, 0.29) is 11.3 Å². The minimum atomic E-state index is -1.21. The van der Waals surface area contributed by atoms with Crippen molar-refractivity contribution in [1.82, 2.24) is 14.9 Å². The Morgan fingerprint density at radius 3 is 2.50 bits per heavy atom. The number of nitrogens with zero attached hydrogens (tertiary/aromatic N) is 2. The summed E-state index contributed by atoms with van der Waals surface area (Å²) in [5.41, 5.74) is 9.08. The molecule has 3 aliphatic heterocycles. The van der Waals surface area contributed by atoms with Crippen LogP contribution in [0.3, 0.4) is 0 Å². The van der Waals surface area contributed by atoms with Crippen LogP contribution >= 0.6 is 0 Å². The van der Waals surface area contributed by atoms with Crippen LogP contribution in [-0.2, 0) is 21.5 Å². The van der Waals surface area contributed by atoms with E-state index in [0.717, 1.165) is 56.5 Å². The number of piperidine rings is 2. The number of nitrogens with two attached hydrogens (primary N) is 1. The minimum Gasteiger partial charge on any atom is -0.479 e. The van der Waals surface area contributed by atoms with Crippen molar-refractivity contribution in [2.45, 2.75) is 56.5 Å². The van der Waals surface area contributed by atoms with Gasteiger partial charge < -0.3 is 30.3 Å². The second-order valence-electron chi connectivity index (χ2n) is 11.3. The highest BCUT2D eigenvalue weighted by Crippen LogP contribution is 2.49. The highest BCUT2D eigenvalue weighted by molar-refractivity contribution is 5.83. The number of hydrogen-bond acceptors (Lipinski definition) is 6. The first-order valence-corrected chi connectivity index (χ1v) is 14.3. The molecule has 4 N–H and O–H groups in total. The molecular weight excluding hydrogens is 508 g/mol. The van der Waals surface area contributed by atoms with E-state index in [1.165, 1.54) is 29.3 Å². The second-order valence-corrected chi connectivity index (χ2v) is 11.3. The molecule has 0 radical (unpaired) electrons. The Balaban J connectivity index is 0.000000164. The summed E-state index contributed by atoms with van der Waals surface area (Å²) in [5, 5.41) is 11.5. The first-order chi connectivity index (χ1) is 19.4. The number of H-pyrrole nitrogens is 1. The molecule has 9 nitrogen and oxygen atoms in total. The van der Waals surface area contributed by atoms with Crippen molar-refractivity contribution in [2.24, 2.45) is 11.7 Å². The van der Waals surface area contributed by atoms with Crippen LogP contribution in [0, 0.1) is 5.92 Å². The molecular formula is C31H40N4O5. The molecule has 0 saturated carbocycles. The number of carboxylic acid groups (broad SMARTS) is 1. The van der Waals surface area contributed by atoms with Gasteiger partial charge >= 0.3 is 6.16 Å². The summed E-state index contributed by atoms with van der Waals surface area (Å²) < 4.78 is 5.80. The number of primary amides is 1. The Labute approximate surface area is 235 Å². The molecule has 1 amide bonds. The van der Waals surface area contributed by atoms with Crippen LogP contribution in [0.15, 0.2) is 54.7 Å². The van der Waals surface area contributed by atoms with Crippen molar-refractivity contribution < 1.29 is 24.3 Å². The normalized spacial score (nSPS) is 20.9. The van der Waals surface area contributed by atoms with E-state index in [4.69, 9.17) is 20.4 Å². The lowest BCUT2D eigenvalue weighted by molar-refractivity contribution is -0.135. The van der Waals surface area contributed by atoms with Crippen LogP contribution in [-0.4, -0.2) is 71.4 Å². The van der Waals surface area contributed by atoms with Gasteiger partial charge in [-0.15, -0.1) is 5.06 Å². The number of likely N-dealkylation sites (tertiary alicyclic amines) is 1. The molecule has 1 spiro atoms. The van der Waals surface area contributed by atoms with Gasteiger partial charge in [-0.25, -0.2) is 4.79 Å². The molecule has 3 aromatic rings. The van der Waals surface area contributed by atoms with Crippen molar-refractivity contribution in [1.29, 1.82) is 0 Å². The van der Waals surface area contributed by atoms with Gasteiger partial charge in [0, 0.05) is 41.2 Å². The molecule has 40 heavy (non-hydrogen) atoms. The molecule has 0 bridgehead atoms. The van der Waals surface area contributed by atoms with E-state index in [1.54, 1.807) is 5.06 Å². The molecule has 3 aliphatic rings. The van der Waals surface area contributed by atoms with Gasteiger partial charge in [0.2, 0.25) is 0 Å². The smallest absolute Gasteiger partial charge is 0.479 e. The van der Waals surface area contributed by atoms with Gasteiger partial charge in [0.25, 0.3) is 5.91 Å². The Morgan fingerprint density at radius 2 is 1.77 bits per heavy atom. The maximum atomic E-state index is 11.7. The molecule has 1 unspecified atom stereocenters. The standard InChI is InChI=1S/C17H22N2O3.C14H18N2O2/c20-17(21)22-19-10-8-13(9-11-19)4-3-5-14-12-18-16-7-2-1-6-15(14)16;1-16-8-6-14(7-9-16)10-4-2-3-5-11(10)18-12(14)13(15)17/h1-2,6-7,12-13,18H,3-5,8-11H2,(H,20,21);2-5,12H,6-9H2,1H3,(H2,15,17). The number of aromatic amines is 1. The van der Waals surface area contributed by atoms with Crippen LogP contribution < -0.4 is 10.5 Å². The molecule has 1 atom stereocenters. The van der Waals surface area contributed by atoms with Gasteiger partial charge in [-0.05, 0) is 82.3 Å². The number of amides is 1. The lowest BCUT2D eigenvalue weighted by Crippen LogP contribution is -2.52. The SMILES string of the molecule is CN1CCC2(CC1)c1ccccc1OC2C(N)=O.O=C(O)ON1CCC(CCCc2c[nH]c3ccccc23)CC1. The number of ether oxygens (including phenoxy) is 1. The highest BCUT2D eigenvalue weighted by Gasteiger charge is 2.52. The predicted octanol–water partition coefficient (Wildman–Crippen LogP) is 4.71. The van der Waals surface area contributed by atoms with Gasteiger partial charge in [0.1, 0.15) is 5.75 Å². The number of fused-ring (bicyclic) bond motifs is 3. The summed E-state index contributed by atoms with van der Waals surface area (Å²) in [6.45, 7) is 3.37. The van der Waals surface area contributed by atoms with Crippen molar-refractivity contribution in [3.63, 3.8) is 0 Å². The predicted molar refractivity (Wildman–Crippen MR) is 153 cm³/mol. The third-order valence-corrected chi connectivity index (χ3v) is 8.82. The average molecular weight is 549 g/mol. The van der Waals surface area contributed by atoms with Gasteiger partial charge in [-0.1, -0.05) is 42.8 Å². The first kappa shape index (κ1) is 28.0. The summed E-state index contributed by atoms with van der Waals surface area (Å²) in [4.78, 5) is 32.5. The van der Waals surface area contributed by atoms with Crippen molar-refractivity contribution in [3.8, 4) is 5.75 Å². The molecule has 9 heteroatoms. The van der Waals surface area contributed by atoms with Crippen molar-refractivity contribution >= 4 is 23.0 Å². The third-order valence-electron chi connectivity index (χ3n) is 8.82. The molecule has 214 valence electrons. The minimum absolute atomic E-state index is 0.213. The maximum Gasteiger partial charge on any atom is 0.525 e. The van der Waals surface area contributed by atoms with E-state index in [1.807, 2.05) is 18.2 Å². The fourth-order valence-corrected chi connectivity index (χ4v) is 6.56. The average Bonchev–Trinajstić information content (AvgIpc) is 3.51. The van der Waals surface area contributed by atoms with E-state index >= 15 is 0 Å². The van der Waals surface area contributed by atoms with E-state index in [2.05, 4.69) is 53.5 Å². The number of hydroxylamine groups is 2. The van der Waals surface area contributed by atoms with Crippen LogP contribution in [0.5, 0.6) is 5.75 Å². The second kappa shape index (κ2) is 12.3.